The molecule has 0 aliphatic rings. The van der Waals surface area contributed by atoms with Crippen LogP contribution in [0.2, 0.25) is 0 Å². The molecule has 0 amide bonds. The first-order valence-electron chi connectivity index (χ1n) is 23.6. The largest absolute Gasteiger partial charge is 0.496 e. The van der Waals surface area contributed by atoms with E-state index in [9.17, 15) is 0 Å². The van der Waals surface area contributed by atoms with Gasteiger partial charge >= 0.3 is 0 Å². The fraction of sp³-hybridized carbons (Fsp3) is 0.0323. The second-order valence-electron chi connectivity index (χ2n) is 18.0. The van der Waals surface area contributed by atoms with Crippen molar-refractivity contribution in [3.8, 4) is 22.6 Å². The van der Waals surface area contributed by atoms with Crippen LogP contribution >= 0.6 is 14.3 Å². The van der Waals surface area contributed by atoms with Gasteiger partial charge in [0.25, 0.3) is 0 Å². The summed E-state index contributed by atoms with van der Waals surface area (Å²) in [5, 5.41) is 10.1. The monoisotopic (exact) mass is 974 g/mol. The van der Waals surface area contributed by atoms with Crippen LogP contribution in [0.3, 0.4) is 0 Å². The van der Waals surface area contributed by atoms with Crippen LogP contribution in [0.5, 0.6) is 11.5 Å². The van der Waals surface area contributed by atoms with Gasteiger partial charge in [0.05, 0.1) is 14.2 Å². The number of benzene rings is 10. The summed E-state index contributed by atoms with van der Waals surface area (Å²) in [5.41, 5.74) is 6.56. The Morgan fingerprint density at radius 3 is 0.833 bits per heavy atom. The predicted molar refractivity (Wildman–Crippen MR) is 293 cm³/mol. The molecule has 72 heavy (non-hydrogen) atoms. The molecule has 10 aromatic carbocycles. The lowest BCUT2D eigenvalue weighted by Gasteiger charge is -2.28. The van der Waals surface area contributed by atoms with E-state index in [2.05, 4.69) is 0 Å². The summed E-state index contributed by atoms with van der Waals surface area (Å²) in [6, 6.07) is 65.9. The van der Waals surface area contributed by atoms with E-state index in [0.29, 0.717) is 76.8 Å². The molecule has 0 saturated heterocycles. The molecular weight excluding hydrogens is 935 g/mol. The maximum atomic E-state index is 17.6. The van der Waals surface area contributed by atoms with Crippen molar-refractivity contribution in [3.63, 3.8) is 0 Å². The van der Waals surface area contributed by atoms with Gasteiger partial charge in [-0.05, 0) is 121 Å². The summed E-state index contributed by atoms with van der Waals surface area (Å²) in [7, 11) is -4.83. The van der Waals surface area contributed by atoms with Gasteiger partial charge in [0, 0.05) is 86.0 Å². The lowest BCUT2D eigenvalue weighted by molar-refractivity contribution is 0.411. The van der Waals surface area contributed by atoms with Gasteiger partial charge in [0.2, 0.25) is 0 Å². The Balaban J connectivity index is 1.10. The summed E-state index contributed by atoms with van der Waals surface area (Å²) >= 11 is 0. The molecule has 0 aliphatic carbocycles. The number of furan rings is 4. The zero-order valence-corrected chi connectivity index (χ0v) is 40.6. The van der Waals surface area contributed by atoms with Crippen molar-refractivity contribution in [2.45, 2.75) is 0 Å². The van der Waals surface area contributed by atoms with Gasteiger partial charge in [-0.3, -0.25) is 0 Å². The molecule has 0 unspecified atom stereocenters. The van der Waals surface area contributed by atoms with E-state index in [1.165, 1.54) is 0 Å². The molecule has 10 heteroatoms. The summed E-state index contributed by atoms with van der Waals surface area (Å²) in [5.74, 6) is 0.838. The lowest BCUT2D eigenvalue weighted by Crippen LogP contribution is -2.30. The summed E-state index contributed by atoms with van der Waals surface area (Å²) in [6.45, 7) is 0. The van der Waals surface area contributed by atoms with E-state index in [-0.39, 0.29) is 0 Å². The zero-order chi connectivity index (χ0) is 48.3. The van der Waals surface area contributed by atoms with E-state index < -0.39 is 14.3 Å². The quantitative estimate of drug-likeness (QED) is 0.132. The molecule has 0 radical (unpaired) electrons. The minimum absolute atomic E-state index is 0.419. The first-order valence-corrected chi connectivity index (χ1v) is 27.0. The molecule has 0 aliphatic heterocycles. The van der Waals surface area contributed by atoms with Crippen LogP contribution in [0, 0.1) is 0 Å². The lowest BCUT2D eigenvalue weighted by atomic mass is 10.0. The second-order valence-corrected chi connectivity index (χ2v) is 23.5. The van der Waals surface area contributed by atoms with E-state index in [0.717, 1.165) is 65.4 Å². The molecule has 8 nitrogen and oxygen atoms in total. The van der Waals surface area contributed by atoms with Gasteiger partial charge in [-0.15, -0.1) is 0 Å². The van der Waals surface area contributed by atoms with Crippen LogP contribution in [-0.2, 0) is 9.13 Å². The van der Waals surface area contributed by atoms with Gasteiger partial charge in [-0.1, -0.05) is 84.9 Å². The van der Waals surface area contributed by atoms with Gasteiger partial charge < -0.3 is 36.3 Å². The third kappa shape index (κ3) is 6.13. The number of fused-ring (bicyclic) bond motifs is 12. The Morgan fingerprint density at radius 2 is 0.556 bits per heavy atom. The maximum Gasteiger partial charge on any atom is 0.171 e. The van der Waals surface area contributed by atoms with Crippen molar-refractivity contribution >= 4 is 134 Å². The molecular formula is C62H40O8P2. The molecule has 14 aromatic rings. The number of hydrogen-bond acceptors (Lipinski definition) is 8. The minimum Gasteiger partial charge on any atom is -0.496 e. The summed E-state index contributed by atoms with van der Waals surface area (Å²) < 4.78 is 73.3. The van der Waals surface area contributed by atoms with Gasteiger partial charge in [-0.25, -0.2) is 0 Å². The van der Waals surface area contributed by atoms with Gasteiger partial charge in [-0.2, -0.15) is 0 Å². The predicted octanol–water partition coefficient (Wildman–Crippen LogP) is 14.2. The summed E-state index contributed by atoms with van der Waals surface area (Å²) in [4.78, 5) is 0. The van der Waals surface area contributed by atoms with E-state index in [1.54, 1.807) is 14.2 Å². The van der Waals surface area contributed by atoms with Crippen molar-refractivity contribution in [1.82, 2.24) is 0 Å². The van der Waals surface area contributed by atoms with Crippen LogP contribution in [0.15, 0.2) is 224 Å². The second kappa shape index (κ2) is 16.0. The molecule has 0 N–H and O–H groups in total. The Bertz CT molecular complexity index is 4120. The van der Waals surface area contributed by atoms with Crippen LogP contribution in [-0.4, -0.2) is 14.2 Å². The standard InChI is InChI=1S/C62H40O8P2/c1-65-57-21-11-23-59(71(63,37-25-29-53-45(33-37)41-13-3-7-17-49(41)67-53)38-26-30-54-46(34-38)42-14-4-8-18-50(42)68-54)61(57)62-58(66-2)22-12-24-60(62)72(64,39-27-31-55-47(35-39)43-15-5-9-19-51(43)69-55)40-28-32-56-48(36-40)44-16-6-10-20-52(44)70-56/h3-36H,1-2H3. The summed E-state index contributed by atoms with van der Waals surface area (Å²) in [6.07, 6.45) is 0. The Morgan fingerprint density at radius 1 is 0.292 bits per heavy atom. The van der Waals surface area contributed by atoms with Crippen LogP contribution in [0.25, 0.3) is 98.9 Å². The fourth-order valence-electron chi connectivity index (χ4n) is 10.9. The Kier molecular flexibility index (Phi) is 9.41. The first kappa shape index (κ1) is 42.3. The minimum atomic E-state index is -4.02. The molecule has 0 spiro atoms. The number of methoxy groups -OCH3 is 2. The van der Waals surface area contributed by atoms with Crippen LogP contribution in [0.4, 0.5) is 0 Å². The highest BCUT2D eigenvalue weighted by Crippen LogP contribution is 2.54. The molecule has 0 saturated carbocycles. The molecule has 14 rings (SSSR count). The fourth-order valence-corrected chi connectivity index (χ4v) is 16.7. The van der Waals surface area contributed by atoms with Crippen molar-refractivity contribution in [2.24, 2.45) is 0 Å². The van der Waals surface area contributed by atoms with E-state index in [4.69, 9.17) is 27.1 Å². The average Bonchev–Trinajstić information content (AvgIpc) is 4.21. The average molecular weight is 975 g/mol. The molecule has 4 heterocycles. The third-order valence-electron chi connectivity index (χ3n) is 14.3. The van der Waals surface area contributed by atoms with Crippen molar-refractivity contribution < 1.29 is 36.3 Å². The highest BCUT2D eigenvalue weighted by atomic mass is 31.2. The van der Waals surface area contributed by atoms with Crippen molar-refractivity contribution in [1.29, 1.82) is 0 Å². The highest BCUT2D eigenvalue weighted by Gasteiger charge is 2.40. The number of hydrogen-bond donors (Lipinski definition) is 0. The molecule has 346 valence electrons. The Labute approximate surface area is 411 Å². The molecule has 4 aromatic heterocycles. The van der Waals surface area contributed by atoms with E-state index >= 15 is 9.13 Å². The zero-order valence-electron chi connectivity index (χ0n) is 38.8. The van der Waals surface area contributed by atoms with Crippen LogP contribution < -0.4 is 41.3 Å². The first-order chi connectivity index (χ1) is 35.3. The van der Waals surface area contributed by atoms with Gasteiger partial charge in [0.1, 0.15) is 56.2 Å². The number of rotatable bonds is 9. The smallest absolute Gasteiger partial charge is 0.171 e. The SMILES string of the molecule is COc1cccc(P(=O)(c2ccc3oc4ccccc4c3c2)c2ccc3oc4ccccc4c3c2)c1-c1c(OC)cccc1P(=O)(c1ccc2oc3ccccc3c2c1)c1ccc2oc3ccccc3c2c1. The van der Waals surface area contributed by atoms with Gasteiger partial charge in [0.15, 0.2) is 14.3 Å². The highest BCUT2D eigenvalue weighted by molar-refractivity contribution is 7.86. The third-order valence-corrected chi connectivity index (χ3v) is 20.4. The normalized spacial score (nSPS) is 12.4. The number of para-hydroxylation sites is 4. The van der Waals surface area contributed by atoms with Crippen molar-refractivity contribution in [2.75, 3.05) is 14.2 Å². The Hall–Kier alpha value is -8.54. The molecule has 0 bridgehead atoms. The maximum absolute atomic E-state index is 17.6. The van der Waals surface area contributed by atoms with Crippen molar-refractivity contribution in [3.05, 3.63) is 206 Å². The van der Waals surface area contributed by atoms with E-state index in [1.807, 2.05) is 206 Å². The molecule has 0 atom stereocenters. The van der Waals surface area contributed by atoms with Crippen LogP contribution in [0.1, 0.15) is 0 Å². The number of ether oxygens (including phenoxy) is 2. The topological polar surface area (TPSA) is 105 Å². The molecule has 0 fully saturated rings.